The first-order valence-corrected chi connectivity index (χ1v) is 11.7. The average molecular weight is 414 g/mol. The highest BCUT2D eigenvalue weighted by Gasteiger charge is 2.26. The minimum Gasteiger partial charge on any atom is -0.493 e. The molecule has 3 atom stereocenters. The van der Waals surface area contributed by atoms with Gasteiger partial charge in [-0.15, -0.1) is 0 Å². The molecule has 1 aliphatic rings. The van der Waals surface area contributed by atoms with Gasteiger partial charge in [-0.05, 0) is 45.2 Å². The Morgan fingerprint density at radius 3 is 2.85 bits per heavy atom. The second-order valence-corrected chi connectivity index (χ2v) is 9.12. The quantitative estimate of drug-likeness (QED) is 0.501. The highest BCUT2D eigenvalue weighted by Crippen LogP contribution is 2.25. The molecule has 2 N–H and O–H groups in total. The lowest BCUT2D eigenvalue weighted by atomic mass is 9.95. The Bertz CT molecular complexity index is 654. The van der Waals surface area contributed by atoms with Gasteiger partial charge in [-0.25, -0.2) is 4.99 Å². The molecule has 0 aromatic heterocycles. The van der Waals surface area contributed by atoms with E-state index in [1.807, 2.05) is 32.0 Å². The standard InChI is InChI=1S/C20H32ClN3O2S/c1-4-22-20(24-17-8-7-9-18(13-17)27(25)6-3)23-14-15-10-11-16(21)12-19(15)26-5-2/h10-12,17-18H,4-9,13-14H2,1-3H3,(H2,22,23,24). The molecule has 0 saturated heterocycles. The van der Waals surface area contributed by atoms with E-state index in [1.165, 1.54) is 0 Å². The van der Waals surface area contributed by atoms with Crippen molar-refractivity contribution >= 4 is 28.4 Å². The molecule has 1 saturated carbocycles. The molecule has 1 aliphatic carbocycles. The van der Waals surface area contributed by atoms with Crippen LogP contribution in [-0.4, -0.2) is 40.4 Å². The topological polar surface area (TPSA) is 62.7 Å². The van der Waals surface area contributed by atoms with Gasteiger partial charge in [0.15, 0.2) is 5.96 Å². The Morgan fingerprint density at radius 1 is 1.33 bits per heavy atom. The first kappa shape index (κ1) is 22.0. The third-order valence-corrected chi connectivity index (χ3v) is 6.68. The first-order chi connectivity index (χ1) is 13.1. The van der Waals surface area contributed by atoms with Gasteiger partial charge in [0.25, 0.3) is 0 Å². The van der Waals surface area contributed by atoms with Gasteiger partial charge >= 0.3 is 0 Å². The molecule has 1 aromatic carbocycles. The van der Waals surface area contributed by atoms with Crippen LogP contribution in [0, 0.1) is 0 Å². The number of aliphatic imine (C=N–C) groups is 1. The monoisotopic (exact) mass is 413 g/mol. The van der Waals surface area contributed by atoms with Crippen LogP contribution in [0.1, 0.15) is 52.0 Å². The largest absolute Gasteiger partial charge is 0.493 e. The fraction of sp³-hybridized carbons (Fsp3) is 0.650. The van der Waals surface area contributed by atoms with E-state index < -0.39 is 10.8 Å². The summed E-state index contributed by atoms with van der Waals surface area (Å²) in [6.07, 6.45) is 4.21. The summed E-state index contributed by atoms with van der Waals surface area (Å²) in [5.41, 5.74) is 1.01. The van der Waals surface area contributed by atoms with Crippen LogP contribution in [0.5, 0.6) is 5.75 Å². The van der Waals surface area contributed by atoms with Gasteiger partial charge in [-0.1, -0.05) is 31.0 Å². The fourth-order valence-corrected chi connectivity index (χ4v) is 4.89. The minimum absolute atomic E-state index is 0.296. The molecular formula is C20H32ClN3O2S. The second-order valence-electron chi connectivity index (χ2n) is 6.68. The Morgan fingerprint density at radius 2 is 2.15 bits per heavy atom. The lowest BCUT2D eigenvalue weighted by molar-refractivity contribution is 0.336. The number of hydrogen-bond donors (Lipinski definition) is 2. The van der Waals surface area contributed by atoms with Crippen molar-refractivity contribution in [3.8, 4) is 5.75 Å². The summed E-state index contributed by atoms with van der Waals surface area (Å²) in [6, 6.07) is 5.97. The Labute approximate surface area is 170 Å². The SMILES string of the molecule is CCNC(=NCc1ccc(Cl)cc1OCC)NC1CCCC(S(=O)CC)C1. The summed E-state index contributed by atoms with van der Waals surface area (Å²) in [7, 11) is -0.723. The van der Waals surface area contributed by atoms with Crippen LogP contribution in [0.2, 0.25) is 5.02 Å². The highest BCUT2D eigenvalue weighted by atomic mass is 35.5. The van der Waals surface area contributed by atoms with Crippen molar-refractivity contribution in [1.29, 1.82) is 0 Å². The molecule has 152 valence electrons. The van der Waals surface area contributed by atoms with E-state index in [0.29, 0.717) is 29.5 Å². The molecule has 0 aliphatic heterocycles. The molecule has 1 fully saturated rings. The smallest absolute Gasteiger partial charge is 0.191 e. The van der Waals surface area contributed by atoms with E-state index in [2.05, 4.69) is 17.6 Å². The summed E-state index contributed by atoms with van der Waals surface area (Å²) >= 11 is 6.08. The molecule has 0 bridgehead atoms. The van der Waals surface area contributed by atoms with Gasteiger partial charge in [0.2, 0.25) is 0 Å². The van der Waals surface area contributed by atoms with Crippen molar-refractivity contribution in [1.82, 2.24) is 10.6 Å². The molecule has 0 radical (unpaired) electrons. The number of hydrogen-bond acceptors (Lipinski definition) is 3. The van der Waals surface area contributed by atoms with Gasteiger partial charge in [0.1, 0.15) is 5.75 Å². The van der Waals surface area contributed by atoms with Gasteiger partial charge in [0, 0.05) is 45.0 Å². The normalized spacial score (nSPS) is 21.6. The predicted octanol–water partition coefficient (Wildman–Crippen LogP) is 3.87. The molecule has 7 heteroatoms. The summed E-state index contributed by atoms with van der Waals surface area (Å²) < 4.78 is 17.9. The maximum atomic E-state index is 12.2. The summed E-state index contributed by atoms with van der Waals surface area (Å²) in [5.74, 6) is 2.31. The molecule has 2 rings (SSSR count). The Balaban J connectivity index is 2.05. The van der Waals surface area contributed by atoms with Crippen molar-refractivity contribution in [2.24, 2.45) is 4.99 Å². The lowest BCUT2D eigenvalue weighted by Crippen LogP contribution is -2.46. The number of benzene rings is 1. The van der Waals surface area contributed by atoms with Crippen LogP contribution in [-0.2, 0) is 17.3 Å². The van der Waals surface area contributed by atoms with E-state index in [9.17, 15) is 4.21 Å². The predicted molar refractivity (Wildman–Crippen MR) is 115 cm³/mol. The third kappa shape index (κ3) is 7.00. The van der Waals surface area contributed by atoms with Crippen LogP contribution >= 0.6 is 11.6 Å². The van der Waals surface area contributed by atoms with Crippen LogP contribution in [0.4, 0.5) is 0 Å². The van der Waals surface area contributed by atoms with Crippen LogP contribution in [0.3, 0.4) is 0 Å². The molecule has 1 aromatic rings. The van der Waals surface area contributed by atoms with Crippen molar-refractivity contribution < 1.29 is 8.95 Å². The van der Waals surface area contributed by atoms with Crippen molar-refractivity contribution in [2.45, 2.75) is 64.3 Å². The fourth-order valence-electron chi connectivity index (χ4n) is 3.38. The van der Waals surface area contributed by atoms with E-state index in [0.717, 1.165) is 55.3 Å². The second kappa shape index (κ2) is 11.5. The van der Waals surface area contributed by atoms with E-state index in [1.54, 1.807) is 0 Å². The van der Waals surface area contributed by atoms with E-state index >= 15 is 0 Å². The summed E-state index contributed by atoms with van der Waals surface area (Å²) in [5, 5.41) is 7.81. The van der Waals surface area contributed by atoms with E-state index in [-0.39, 0.29) is 0 Å². The maximum Gasteiger partial charge on any atom is 0.191 e. The van der Waals surface area contributed by atoms with Crippen LogP contribution in [0.15, 0.2) is 23.2 Å². The minimum atomic E-state index is -0.723. The number of rotatable bonds is 8. The zero-order valence-corrected chi connectivity index (χ0v) is 18.2. The van der Waals surface area contributed by atoms with Gasteiger partial charge in [-0.3, -0.25) is 4.21 Å². The van der Waals surface area contributed by atoms with Crippen molar-refractivity contribution in [3.05, 3.63) is 28.8 Å². The van der Waals surface area contributed by atoms with Gasteiger partial charge < -0.3 is 15.4 Å². The molecule has 3 unspecified atom stereocenters. The summed E-state index contributed by atoms with van der Waals surface area (Å²) in [4.78, 5) is 4.74. The number of ether oxygens (including phenoxy) is 1. The maximum absolute atomic E-state index is 12.2. The molecule has 27 heavy (non-hydrogen) atoms. The number of nitrogens with one attached hydrogen (secondary N) is 2. The van der Waals surface area contributed by atoms with Crippen LogP contribution < -0.4 is 15.4 Å². The Kier molecular flexibility index (Phi) is 9.42. The number of halogens is 1. The third-order valence-electron chi connectivity index (χ3n) is 4.70. The lowest BCUT2D eigenvalue weighted by Gasteiger charge is -2.30. The van der Waals surface area contributed by atoms with Crippen LogP contribution in [0.25, 0.3) is 0 Å². The molecule has 5 nitrogen and oxygen atoms in total. The number of nitrogens with zero attached hydrogens (tertiary/aromatic N) is 1. The zero-order valence-electron chi connectivity index (χ0n) is 16.6. The van der Waals surface area contributed by atoms with Crippen molar-refractivity contribution in [2.75, 3.05) is 18.9 Å². The molecular weight excluding hydrogens is 382 g/mol. The first-order valence-electron chi connectivity index (χ1n) is 9.90. The molecule has 0 amide bonds. The number of guanidine groups is 1. The zero-order chi connectivity index (χ0) is 19.6. The average Bonchev–Trinajstić information content (AvgIpc) is 2.67. The summed E-state index contributed by atoms with van der Waals surface area (Å²) in [6.45, 7) is 7.91. The van der Waals surface area contributed by atoms with Gasteiger partial charge in [-0.2, -0.15) is 0 Å². The van der Waals surface area contributed by atoms with E-state index in [4.69, 9.17) is 21.3 Å². The highest BCUT2D eigenvalue weighted by molar-refractivity contribution is 7.85. The van der Waals surface area contributed by atoms with Gasteiger partial charge in [0.05, 0.1) is 13.2 Å². The molecule has 0 heterocycles. The Hall–Kier alpha value is -1.27. The molecule has 0 spiro atoms. The van der Waals surface area contributed by atoms with Crippen molar-refractivity contribution in [3.63, 3.8) is 0 Å².